The lowest BCUT2D eigenvalue weighted by Gasteiger charge is -2.35. The molecule has 3 rings (SSSR count). The number of rotatable bonds is 5. The number of carbonyl (C=O) groups is 1. The molecule has 2 aliphatic rings. The fourth-order valence-corrected chi connectivity index (χ4v) is 4.33. The zero-order valence-corrected chi connectivity index (χ0v) is 15.0. The summed E-state index contributed by atoms with van der Waals surface area (Å²) >= 11 is 1.71. The topological polar surface area (TPSA) is 35.6 Å². The van der Waals surface area contributed by atoms with Gasteiger partial charge in [-0.15, -0.1) is 23.7 Å². The summed E-state index contributed by atoms with van der Waals surface area (Å²) in [5.74, 6) is 0.219. The molecule has 2 unspecified atom stereocenters. The van der Waals surface area contributed by atoms with Crippen LogP contribution in [0, 0.1) is 0 Å². The van der Waals surface area contributed by atoms with Gasteiger partial charge in [0.1, 0.15) is 0 Å². The van der Waals surface area contributed by atoms with Crippen LogP contribution in [-0.2, 0) is 11.3 Å². The summed E-state index contributed by atoms with van der Waals surface area (Å²) in [6, 6.07) is 6.03. The van der Waals surface area contributed by atoms with E-state index in [1.807, 2.05) is 18.0 Å². The number of fused-ring (bicyclic) bond motifs is 2. The Morgan fingerprint density at radius 2 is 2.00 bits per heavy atom. The maximum atomic E-state index is 12.4. The van der Waals surface area contributed by atoms with Gasteiger partial charge in [-0.1, -0.05) is 6.07 Å². The molecule has 2 bridgehead atoms. The van der Waals surface area contributed by atoms with E-state index >= 15 is 0 Å². The number of halogens is 1. The van der Waals surface area contributed by atoms with Crippen molar-refractivity contribution in [1.29, 1.82) is 0 Å². The number of piperidine rings is 1. The molecule has 2 atom stereocenters. The van der Waals surface area contributed by atoms with Crippen LogP contribution >= 0.6 is 23.7 Å². The Kier molecular flexibility index (Phi) is 6.26. The van der Waals surface area contributed by atoms with Crippen molar-refractivity contribution in [2.24, 2.45) is 0 Å². The van der Waals surface area contributed by atoms with Crippen molar-refractivity contribution in [1.82, 2.24) is 15.1 Å². The molecule has 1 N–H and O–H groups in total. The van der Waals surface area contributed by atoms with Crippen molar-refractivity contribution in [3.8, 4) is 0 Å². The van der Waals surface area contributed by atoms with E-state index in [0.29, 0.717) is 24.7 Å². The van der Waals surface area contributed by atoms with Gasteiger partial charge in [-0.2, -0.15) is 0 Å². The van der Waals surface area contributed by atoms with Crippen LogP contribution in [0.4, 0.5) is 0 Å². The summed E-state index contributed by atoms with van der Waals surface area (Å²) in [6.07, 6.45) is 4.99. The Balaban J connectivity index is 0.00000176. The van der Waals surface area contributed by atoms with E-state index < -0.39 is 0 Å². The summed E-state index contributed by atoms with van der Waals surface area (Å²) < 4.78 is 0. The van der Waals surface area contributed by atoms with Crippen molar-refractivity contribution in [2.75, 3.05) is 20.6 Å². The summed E-state index contributed by atoms with van der Waals surface area (Å²) in [5.41, 5.74) is 0. The number of hydrogen-bond donors (Lipinski definition) is 1. The first-order valence-corrected chi connectivity index (χ1v) is 8.72. The van der Waals surface area contributed by atoms with Crippen molar-refractivity contribution in [2.45, 2.75) is 50.4 Å². The number of amides is 1. The highest BCUT2D eigenvalue weighted by Crippen LogP contribution is 2.29. The normalized spacial score (nSPS) is 26.8. The molecule has 1 aromatic rings. The predicted octanol–water partition coefficient (Wildman–Crippen LogP) is 2.34. The van der Waals surface area contributed by atoms with E-state index in [4.69, 9.17) is 0 Å². The zero-order chi connectivity index (χ0) is 14.8. The van der Waals surface area contributed by atoms with Crippen LogP contribution in [-0.4, -0.2) is 54.5 Å². The van der Waals surface area contributed by atoms with E-state index in [0.717, 1.165) is 6.54 Å². The quantitative estimate of drug-likeness (QED) is 0.891. The van der Waals surface area contributed by atoms with Crippen molar-refractivity contribution in [3.63, 3.8) is 0 Å². The molecular formula is C16H26ClN3OS. The number of nitrogens with zero attached hydrogens (tertiary/aromatic N) is 2. The average molecular weight is 344 g/mol. The molecule has 1 amide bonds. The monoisotopic (exact) mass is 343 g/mol. The van der Waals surface area contributed by atoms with Crippen LogP contribution in [0.2, 0.25) is 0 Å². The fourth-order valence-electron chi connectivity index (χ4n) is 3.57. The first-order valence-electron chi connectivity index (χ1n) is 7.84. The maximum absolute atomic E-state index is 12.4. The highest BCUT2D eigenvalue weighted by atomic mass is 35.5. The Morgan fingerprint density at radius 3 is 2.59 bits per heavy atom. The van der Waals surface area contributed by atoms with Gasteiger partial charge in [-0.25, -0.2) is 0 Å². The minimum absolute atomic E-state index is 0. The molecule has 4 nitrogen and oxygen atoms in total. The van der Waals surface area contributed by atoms with Gasteiger partial charge >= 0.3 is 0 Å². The van der Waals surface area contributed by atoms with Crippen LogP contribution in [0.1, 0.15) is 30.6 Å². The highest BCUT2D eigenvalue weighted by molar-refractivity contribution is 7.09. The predicted molar refractivity (Wildman–Crippen MR) is 93.6 cm³/mol. The highest BCUT2D eigenvalue weighted by Gasteiger charge is 2.35. The second-order valence-electron chi connectivity index (χ2n) is 6.51. The van der Waals surface area contributed by atoms with Crippen molar-refractivity contribution < 1.29 is 4.79 Å². The van der Waals surface area contributed by atoms with E-state index in [9.17, 15) is 4.79 Å². The minimum atomic E-state index is 0. The van der Waals surface area contributed by atoms with Crippen LogP contribution in [0.3, 0.4) is 0 Å². The van der Waals surface area contributed by atoms with Gasteiger partial charge in [-0.05, 0) is 44.2 Å². The molecule has 0 aliphatic carbocycles. The fraction of sp³-hybridized carbons (Fsp3) is 0.688. The second-order valence-corrected chi connectivity index (χ2v) is 7.54. The number of hydrogen-bond acceptors (Lipinski definition) is 4. The minimum Gasteiger partial charge on any atom is -0.340 e. The van der Waals surface area contributed by atoms with E-state index in [1.54, 1.807) is 11.3 Å². The molecule has 2 saturated heterocycles. The van der Waals surface area contributed by atoms with E-state index in [2.05, 4.69) is 28.7 Å². The molecule has 3 heterocycles. The SMILES string of the molecule is CN(Cc1cccs1)C(=O)CN(C)C1CC2CCC(C1)N2.Cl. The first-order chi connectivity index (χ1) is 10.1. The maximum Gasteiger partial charge on any atom is 0.236 e. The molecular weight excluding hydrogens is 318 g/mol. The van der Waals surface area contributed by atoms with Gasteiger partial charge in [0, 0.05) is 30.1 Å². The number of carbonyl (C=O) groups excluding carboxylic acids is 1. The van der Waals surface area contributed by atoms with Crippen LogP contribution in [0.25, 0.3) is 0 Å². The Hall–Kier alpha value is -0.620. The van der Waals surface area contributed by atoms with Gasteiger partial charge in [0.05, 0.1) is 13.1 Å². The van der Waals surface area contributed by atoms with Gasteiger partial charge in [0.15, 0.2) is 0 Å². The van der Waals surface area contributed by atoms with Gasteiger partial charge in [0.25, 0.3) is 0 Å². The molecule has 2 fully saturated rings. The standard InChI is InChI=1S/C16H25N3OS.ClH/c1-18(14-8-12-5-6-13(9-14)17-12)11-16(20)19(2)10-15-4-3-7-21-15;/h3-4,7,12-14,17H,5-6,8-11H2,1-2H3;1H. The lowest BCUT2D eigenvalue weighted by molar-refractivity contribution is -0.132. The Bertz CT molecular complexity index is 470. The van der Waals surface area contributed by atoms with E-state index in [-0.39, 0.29) is 18.3 Å². The Labute approximate surface area is 143 Å². The van der Waals surface area contributed by atoms with Crippen molar-refractivity contribution >= 4 is 29.7 Å². The molecule has 22 heavy (non-hydrogen) atoms. The summed E-state index contributed by atoms with van der Waals surface area (Å²) in [6.45, 7) is 1.26. The third-order valence-corrected chi connectivity index (χ3v) is 5.72. The third-order valence-electron chi connectivity index (χ3n) is 4.86. The molecule has 0 saturated carbocycles. The molecule has 0 spiro atoms. The lowest BCUT2D eigenvalue weighted by atomic mass is 9.98. The molecule has 6 heteroatoms. The molecule has 2 aliphatic heterocycles. The number of nitrogens with one attached hydrogen (secondary N) is 1. The molecule has 124 valence electrons. The summed E-state index contributed by atoms with van der Waals surface area (Å²) in [5, 5.41) is 5.72. The largest absolute Gasteiger partial charge is 0.340 e. The number of thiophene rings is 1. The smallest absolute Gasteiger partial charge is 0.236 e. The first kappa shape index (κ1) is 17.7. The van der Waals surface area contributed by atoms with Crippen LogP contribution in [0.15, 0.2) is 17.5 Å². The van der Waals surface area contributed by atoms with E-state index in [1.165, 1.54) is 30.6 Å². The average Bonchev–Trinajstić information content (AvgIpc) is 3.08. The number of likely N-dealkylation sites (N-methyl/N-ethyl adjacent to an activating group) is 2. The zero-order valence-electron chi connectivity index (χ0n) is 13.3. The van der Waals surface area contributed by atoms with Crippen LogP contribution < -0.4 is 5.32 Å². The van der Waals surface area contributed by atoms with Gasteiger partial charge in [-0.3, -0.25) is 9.69 Å². The third kappa shape index (κ3) is 4.22. The molecule has 0 radical (unpaired) electrons. The second kappa shape index (κ2) is 7.77. The van der Waals surface area contributed by atoms with Crippen LogP contribution in [0.5, 0.6) is 0 Å². The Morgan fingerprint density at radius 1 is 1.32 bits per heavy atom. The van der Waals surface area contributed by atoms with Gasteiger partial charge in [0.2, 0.25) is 5.91 Å². The van der Waals surface area contributed by atoms with Crippen molar-refractivity contribution in [3.05, 3.63) is 22.4 Å². The molecule has 1 aromatic heterocycles. The summed E-state index contributed by atoms with van der Waals surface area (Å²) in [4.78, 5) is 17.7. The van der Waals surface area contributed by atoms with Gasteiger partial charge < -0.3 is 10.2 Å². The lowest BCUT2D eigenvalue weighted by Crippen LogP contribution is -2.49. The molecule has 0 aromatic carbocycles. The summed E-state index contributed by atoms with van der Waals surface area (Å²) in [7, 11) is 4.01.